The zero-order valence-corrected chi connectivity index (χ0v) is 15.7. The molecular weight excluding hydrogens is 423 g/mol. The molecule has 0 aromatic carbocycles. The topological polar surface area (TPSA) is 257 Å². The molecule has 0 aliphatic heterocycles. The summed E-state index contributed by atoms with van der Waals surface area (Å²) in [6.07, 6.45) is 0. The van der Waals surface area contributed by atoms with Crippen molar-refractivity contribution in [3.05, 3.63) is 0 Å². The molecular formula is H3KO16S4. The Morgan fingerprint density at radius 2 is 0.762 bits per heavy atom. The average Bonchev–Trinajstić information content (AvgIpc) is 2.09. The Labute approximate surface area is 160 Å². The van der Waals surface area contributed by atoms with E-state index in [1.54, 1.807) is 0 Å². The molecule has 0 bridgehead atoms. The van der Waals surface area contributed by atoms with Gasteiger partial charge in [0.2, 0.25) is 10.4 Å². The minimum absolute atomic E-state index is 0. The maximum Gasteiger partial charge on any atom is 1.00 e. The maximum atomic E-state index is 9.51. The molecule has 0 unspecified atom stereocenters. The van der Waals surface area contributed by atoms with Gasteiger partial charge in [0.25, 0.3) is 0 Å². The van der Waals surface area contributed by atoms with Crippen molar-refractivity contribution in [1.29, 1.82) is 0 Å². The van der Waals surface area contributed by atoms with Crippen LogP contribution in [0.25, 0.3) is 0 Å². The minimum atomic E-state index is -5.27. The molecule has 0 rings (SSSR count). The van der Waals surface area contributed by atoms with Crippen LogP contribution in [0.1, 0.15) is 0 Å². The van der Waals surface area contributed by atoms with Gasteiger partial charge in [-0.2, -0.15) is 25.3 Å². The van der Waals surface area contributed by atoms with E-state index < -0.39 is 41.6 Å². The van der Waals surface area contributed by atoms with Crippen molar-refractivity contribution in [3.8, 4) is 0 Å². The quantitative estimate of drug-likeness (QED) is 0.117. The zero-order valence-electron chi connectivity index (χ0n) is 9.28. The molecule has 0 saturated heterocycles. The Morgan fingerprint density at radius 3 is 0.857 bits per heavy atom. The summed E-state index contributed by atoms with van der Waals surface area (Å²) in [6.45, 7) is 0. The van der Waals surface area contributed by atoms with E-state index in [4.69, 9.17) is 13.7 Å². The Bertz CT molecular complexity index is 556. The Hall–Kier alpha value is 1.12. The predicted molar refractivity (Wildman–Crippen MR) is 48.7 cm³/mol. The zero-order chi connectivity index (χ0) is 16.8. The van der Waals surface area contributed by atoms with E-state index in [0.717, 1.165) is 0 Å². The van der Waals surface area contributed by atoms with E-state index in [1.165, 1.54) is 0 Å². The number of hydrogen-bond donors (Lipinski definition) is 3. The molecule has 0 aromatic heterocycles. The summed E-state index contributed by atoms with van der Waals surface area (Å²) in [5.74, 6) is 0. The van der Waals surface area contributed by atoms with E-state index in [2.05, 4.69) is 17.3 Å². The first kappa shape index (κ1) is 27.0. The van der Waals surface area contributed by atoms with Gasteiger partial charge in [-0.3, -0.25) is 13.7 Å². The third kappa shape index (κ3) is 33.8. The van der Waals surface area contributed by atoms with Gasteiger partial charge < -0.3 is 4.55 Å². The first-order valence-electron chi connectivity index (χ1n) is 3.05. The molecule has 0 heterocycles. The van der Waals surface area contributed by atoms with Crippen LogP contribution in [0.5, 0.6) is 0 Å². The molecule has 3 N–H and O–H groups in total. The van der Waals surface area contributed by atoms with Crippen molar-refractivity contribution in [2.45, 2.75) is 0 Å². The van der Waals surface area contributed by atoms with Crippen molar-refractivity contribution < 1.29 is 121 Å². The number of hydrogen-bond acceptors (Lipinski definition) is 13. The van der Waals surface area contributed by atoms with Gasteiger partial charge in [0, 0.05) is 0 Å². The normalized spacial score (nSPS) is 12.8. The van der Waals surface area contributed by atoms with Crippen molar-refractivity contribution in [2.75, 3.05) is 0 Å². The minimum Gasteiger partial charge on any atom is -0.724 e. The molecule has 0 fully saturated rings. The van der Waals surface area contributed by atoms with Crippen LogP contribution in [-0.2, 0) is 58.9 Å². The Kier molecular flexibility index (Phi) is 13.0. The molecule has 0 amide bonds. The predicted octanol–water partition coefficient (Wildman–Crippen LogP) is -6.26. The van der Waals surface area contributed by atoms with Gasteiger partial charge in [-0.15, -0.1) is 0 Å². The van der Waals surface area contributed by atoms with Gasteiger partial charge in [0.05, 0.1) is 0 Å². The van der Waals surface area contributed by atoms with E-state index >= 15 is 0 Å². The van der Waals surface area contributed by atoms with Crippen molar-refractivity contribution >= 4 is 41.6 Å². The second-order valence-electron chi connectivity index (χ2n) is 1.96. The van der Waals surface area contributed by atoms with E-state index in [-0.39, 0.29) is 51.4 Å². The van der Waals surface area contributed by atoms with E-state index in [0.29, 0.717) is 0 Å². The van der Waals surface area contributed by atoms with Crippen LogP contribution in [0.4, 0.5) is 0 Å². The summed E-state index contributed by atoms with van der Waals surface area (Å²) in [5.41, 5.74) is 0. The first-order chi connectivity index (χ1) is 8.41. The summed E-state index contributed by atoms with van der Waals surface area (Å²) in [4.78, 5) is 0. The van der Waals surface area contributed by atoms with E-state index in [1.807, 2.05) is 0 Å². The molecule has 0 aromatic rings. The van der Waals surface area contributed by atoms with Gasteiger partial charge in [0.1, 0.15) is 0 Å². The van der Waals surface area contributed by atoms with Crippen LogP contribution in [0.2, 0.25) is 0 Å². The molecule has 21 heavy (non-hydrogen) atoms. The van der Waals surface area contributed by atoms with Crippen LogP contribution in [0.3, 0.4) is 0 Å². The smallest absolute Gasteiger partial charge is 0.724 e. The van der Waals surface area contributed by atoms with Gasteiger partial charge in [-0.05, 0) is 0 Å². The fourth-order valence-electron chi connectivity index (χ4n) is 0.139. The summed E-state index contributed by atoms with van der Waals surface area (Å²) >= 11 is 0. The van der Waals surface area contributed by atoms with Crippen LogP contribution in [0, 0.1) is 0 Å². The molecule has 124 valence electrons. The molecule has 16 nitrogen and oxygen atoms in total. The average molecular weight is 426 g/mol. The molecule has 0 aliphatic carbocycles. The maximum absolute atomic E-state index is 9.51. The molecule has 0 spiro atoms. The SMILES string of the molecule is O=S(=O)(O)OOS(=O)(=O)O.O=S(=O)([O-])OOS(=O)(=O)O.[K+]. The second-order valence-corrected chi connectivity index (χ2v) is 5.89. The van der Waals surface area contributed by atoms with Crippen LogP contribution >= 0.6 is 0 Å². The van der Waals surface area contributed by atoms with Gasteiger partial charge in [-0.1, -0.05) is 17.3 Å². The standard InChI is InChI=1S/K.2H2O8S2/c;2*1-9(2,3)7-8-10(4,5)6/h;2*(H,1,2,3)(H,4,5,6)/q+1;;/p-1. The molecule has 0 radical (unpaired) electrons. The van der Waals surface area contributed by atoms with Crippen molar-refractivity contribution in [2.24, 2.45) is 0 Å². The third-order valence-corrected chi connectivity index (χ3v) is 1.52. The Morgan fingerprint density at radius 1 is 0.571 bits per heavy atom. The monoisotopic (exact) mass is 426 g/mol. The van der Waals surface area contributed by atoms with Crippen LogP contribution < -0.4 is 51.4 Å². The van der Waals surface area contributed by atoms with E-state index in [9.17, 15) is 38.2 Å². The molecule has 0 saturated carbocycles. The summed E-state index contributed by atoms with van der Waals surface area (Å²) in [5, 5.41) is 0. The Balaban J connectivity index is -0.000000295. The van der Waals surface area contributed by atoms with Crippen LogP contribution in [-0.4, -0.2) is 51.9 Å². The summed E-state index contributed by atoms with van der Waals surface area (Å²) < 4.78 is 119. The third-order valence-electron chi connectivity index (χ3n) is 0.397. The largest absolute Gasteiger partial charge is 1.00 e. The summed E-state index contributed by atoms with van der Waals surface area (Å²) in [7, 11) is -20.4. The van der Waals surface area contributed by atoms with Crippen molar-refractivity contribution in [1.82, 2.24) is 0 Å². The number of rotatable bonds is 6. The fourth-order valence-corrected chi connectivity index (χ4v) is 1.25. The fraction of sp³-hybridized carbons (Fsp3) is 0. The molecule has 21 heteroatoms. The second kappa shape index (κ2) is 10.1. The van der Waals surface area contributed by atoms with Crippen LogP contribution in [0.15, 0.2) is 0 Å². The van der Waals surface area contributed by atoms with Gasteiger partial charge >= 0.3 is 82.6 Å². The molecule has 0 atom stereocenters. The first-order valence-corrected chi connectivity index (χ1v) is 8.48. The van der Waals surface area contributed by atoms with Gasteiger partial charge in [0.15, 0.2) is 0 Å². The molecule has 0 aliphatic rings. The van der Waals surface area contributed by atoms with Gasteiger partial charge in [-0.25, -0.2) is 8.42 Å². The summed E-state index contributed by atoms with van der Waals surface area (Å²) in [6, 6.07) is 0. The van der Waals surface area contributed by atoms with Crippen molar-refractivity contribution in [3.63, 3.8) is 0 Å².